The van der Waals surface area contributed by atoms with Crippen LogP contribution >= 0.6 is 0 Å². The molecule has 0 spiro atoms. The van der Waals surface area contributed by atoms with E-state index in [0.29, 0.717) is 0 Å². The van der Waals surface area contributed by atoms with Gasteiger partial charge in [0.1, 0.15) is 12.1 Å². The van der Waals surface area contributed by atoms with Gasteiger partial charge in [-0.3, -0.25) is 4.90 Å². The summed E-state index contributed by atoms with van der Waals surface area (Å²) >= 11 is 0. The first kappa shape index (κ1) is 16.4. The Bertz CT molecular complexity index is 750. The van der Waals surface area contributed by atoms with Crippen LogP contribution in [0.3, 0.4) is 0 Å². The number of hydrogen-bond acceptors (Lipinski definition) is 5. The van der Waals surface area contributed by atoms with E-state index in [2.05, 4.69) is 45.9 Å². The van der Waals surface area contributed by atoms with Crippen molar-refractivity contribution in [3.05, 3.63) is 53.0 Å². The lowest BCUT2D eigenvalue weighted by atomic mass is 10.1. The number of hydrogen-bond donors (Lipinski definition) is 0. The molecule has 1 aliphatic rings. The average molecular weight is 321 g/mol. The van der Waals surface area contributed by atoms with Gasteiger partial charge in [-0.25, -0.2) is 9.97 Å². The molecule has 24 heavy (non-hydrogen) atoms. The molecule has 1 aromatic heterocycles. The van der Waals surface area contributed by atoms with Gasteiger partial charge in [-0.1, -0.05) is 12.1 Å². The molecule has 0 saturated heterocycles. The summed E-state index contributed by atoms with van der Waals surface area (Å²) in [6, 6.07) is 10.1. The Morgan fingerprint density at radius 1 is 1.25 bits per heavy atom. The second-order valence-electron chi connectivity index (χ2n) is 6.23. The van der Waals surface area contributed by atoms with Crippen molar-refractivity contribution in [2.24, 2.45) is 0 Å². The molecule has 0 fully saturated rings. The Morgan fingerprint density at radius 3 is 2.88 bits per heavy atom. The molecule has 1 aliphatic heterocycles. The lowest BCUT2D eigenvalue weighted by Gasteiger charge is -2.21. The lowest BCUT2D eigenvalue weighted by Crippen LogP contribution is -2.26. The van der Waals surface area contributed by atoms with Gasteiger partial charge in [0.15, 0.2) is 0 Å². The quantitative estimate of drug-likeness (QED) is 0.865. The van der Waals surface area contributed by atoms with Crippen LogP contribution in [0.1, 0.15) is 29.3 Å². The van der Waals surface area contributed by atoms with Crippen molar-refractivity contribution in [1.29, 1.82) is 5.26 Å². The number of nitrogens with zero attached hydrogens (tertiary/aromatic N) is 5. The highest BCUT2D eigenvalue weighted by Crippen LogP contribution is 2.23. The molecule has 0 saturated carbocycles. The third-order valence-electron chi connectivity index (χ3n) is 4.65. The van der Waals surface area contributed by atoms with Gasteiger partial charge in [0.2, 0.25) is 0 Å². The fourth-order valence-corrected chi connectivity index (χ4v) is 3.19. The molecule has 0 amide bonds. The normalized spacial score (nSPS) is 14.5. The van der Waals surface area contributed by atoms with Crippen LogP contribution in [0.5, 0.6) is 0 Å². The highest BCUT2D eigenvalue weighted by Gasteiger charge is 2.20. The van der Waals surface area contributed by atoms with E-state index >= 15 is 0 Å². The minimum Gasteiger partial charge on any atom is -0.360 e. The molecule has 1 aromatic carbocycles. The molecule has 0 N–H and O–H groups in total. The van der Waals surface area contributed by atoms with E-state index in [1.807, 2.05) is 18.2 Å². The third-order valence-corrected chi connectivity index (χ3v) is 4.65. The molecule has 3 rings (SSSR count). The van der Waals surface area contributed by atoms with E-state index < -0.39 is 0 Å². The zero-order chi connectivity index (χ0) is 16.9. The van der Waals surface area contributed by atoms with Gasteiger partial charge in [0.25, 0.3) is 0 Å². The summed E-state index contributed by atoms with van der Waals surface area (Å²) in [4.78, 5) is 13.6. The first-order valence-electron chi connectivity index (χ1n) is 8.46. The molecule has 0 aliphatic carbocycles. The minimum absolute atomic E-state index is 0.725. The van der Waals surface area contributed by atoms with Gasteiger partial charge < -0.3 is 4.90 Å². The van der Waals surface area contributed by atoms with Crippen molar-refractivity contribution < 1.29 is 0 Å². The number of rotatable bonds is 4. The SMILES string of the molecule is CCN(C)c1ncnc2c1CCN(Cc1cccc(C#N)c1)CC2. The number of fused-ring (bicyclic) bond motifs is 1. The van der Waals surface area contributed by atoms with E-state index in [1.165, 1.54) is 16.8 Å². The summed E-state index contributed by atoms with van der Waals surface area (Å²) in [5.74, 6) is 1.07. The van der Waals surface area contributed by atoms with Crippen molar-refractivity contribution in [3.63, 3.8) is 0 Å². The van der Waals surface area contributed by atoms with Crippen LogP contribution in [0, 0.1) is 11.3 Å². The van der Waals surface area contributed by atoms with Crippen LogP contribution in [0.15, 0.2) is 30.6 Å². The molecule has 0 unspecified atom stereocenters. The molecular weight excluding hydrogens is 298 g/mol. The van der Waals surface area contributed by atoms with Crippen LogP contribution in [0.4, 0.5) is 5.82 Å². The molecule has 2 aromatic rings. The van der Waals surface area contributed by atoms with Crippen LogP contribution in [-0.4, -0.2) is 41.5 Å². The van der Waals surface area contributed by atoms with Crippen LogP contribution in [-0.2, 0) is 19.4 Å². The van der Waals surface area contributed by atoms with Crippen LogP contribution < -0.4 is 4.90 Å². The van der Waals surface area contributed by atoms with E-state index in [0.717, 1.165) is 50.4 Å². The van der Waals surface area contributed by atoms with E-state index in [9.17, 15) is 0 Å². The van der Waals surface area contributed by atoms with Crippen molar-refractivity contribution in [1.82, 2.24) is 14.9 Å². The van der Waals surface area contributed by atoms with Crippen molar-refractivity contribution in [2.75, 3.05) is 31.6 Å². The maximum Gasteiger partial charge on any atom is 0.135 e. The van der Waals surface area contributed by atoms with Gasteiger partial charge in [-0.05, 0) is 31.0 Å². The van der Waals surface area contributed by atoms with Gasteiger partial charge >= 0.3 is 0 Å². The Hall–Kier alpha value is -2.45. The monoisotopic (exact) mass is 321 g/mol. The number of nitriles is 1. The molecule has 0 bridgehead atoms. The van der Waals surface area contributed by atoms with Gasteiger partial charge in [0, 0.05) is 45.2 Å². The molecule has 0 atom stereocenters. The predicted octanol–water partition coefficient (Wildman–Crippen LogP) is 2.41. The predicted molar refractivity (Wildman–Crippen MR) is 94.8 cm³/mol. The first-order valence-corrected chi connectivity index (χ1v) is 8.46. The lowest BCUT2D eigenvalue weighted by molar-refractivity contribution is 0.279. The molecule has 124 valence electrons. The second-order valence-corrected chi connectivity index (χ2v) is 6.23. The number of anilines is 1. The molecule has 0 radical (unpaired) electrons. The Kier molecular flexibility index (Phi) is 5.07. The molecule has 2 heterocycles. The maximum atomic E-state index is 9.05. The highest BCUT2D eigenvalue weighted by molar-refractivity contribution is 5.48. The topological polar surface area (TPSA) is 56.1 Å². The van der Waals surface area contributed by atoms with Gasteiger partial charge in [-0.2, -0.15) is 5.26 Å². The van der Waals surface area contributed by atoms with E-state index in [-0.39, 0.29) is 0 Å². The van der Waals surface area contributed by atoms with Crippen LogP contribution in [0.25, 0.3) is 0 Å². The zero-order valence-electron chi connectivity index (χ0n) is 14.4. The summed E-state index contributed by atoms with van der Waals surface area (Å²) < 4.78 is 0. The third kappa shape index (κ3) is 3.55. The average Bonchev–Trinajstić information content (AvgIpc) is 2.83. The summed E-state index contributed by atoms with van der Waals surface area (Å²) in [6.45, 7) is 5.92. The summed E-state index contributed by atoms with van der Waals surface area (Å²) in [5, 5.41) is 9.05. The Morgan fingerprint density at radius 2 is 2.08 bits per heavy atom. The molecule has 5 nitrogen and oxygen atoms in total. The molecular formula is C19H23N5. The summed E-state index contributed by atoms with van der Waals surface area (Å²) in [7, 11) is 2.08. The second kappa shape index (κ2) is 7.41. The molecule has 5 heteroatoms. The zero-order valence-corrected chi connectivity index (χ0v) is 14.4. The fourth-order valence-electron chi connectivity index (χ4n) is 3.19. The smallest absolute Gasteiger partial charge is 0.135 e. The van der Waals surface area contributed by atoms with Gasteiger partial charge in [-0.15, -0.1) is 0 Å². The highest BCUT2D eigenvalue weighted by atomic mass is 15.2. The first-order chi connectivity index (χ1) is 11.7. The number of benzene rings is 1. The van der Waals surface area contributed by atoms with E-state index in [4.69, 9.17) is 5.26 Å². The van der Waals surface area contributed by atoms with Gasteiger partial charge in [0.05, 0.1) is 17.3 Å². The summed E-state index contributed by atoms with van der Waals surface area (Å²) in [6.07, 6.45) is 3.60. The summed E-state index contributed by atoms with van der Waals surface area (Å²) in [5.41, 5.74) is 4.38. The number of aromatic nitrogens is 2. The minimum atomic E-state index is 0.725. The maximum absolute atomic E-state index is 9.05. The Labute approximate surface area is 143 Å². The van der Waals surface area contributed by atoms with Crippen molar-refractivity contribution in [3.8, 4) is 6.07 Å². The largest absolute Gasteiger partial charge is 0.360 e. The fraction of sp³-hybridized carbons (Fsp3) is 0.421. The van der Waals surface area contributed by atoms with Crippen molar-refractivity contribution in [2.45, 2.75) is 26.3 Å². The van der Waals surface area contributed by atoms with Crippen LogP contribution in [0.2, 0.25) is 0 Å². The van der Waals surface area contributed by atoms with E-state index in [1.54, 1.807) is 6.33 Å². The van der Waals surface area contributed by atoms with Crippen molar-refractivity contribution >= 4 is 5.82 Å². The Balaban J connectivity index is 1.75. The standard InChI is InChI=1S/C19H23N5/c1-3-23(2)19-17-7-9-24(10-8-18(17)21-14-22-19)13-16-6-4-5-15(11-16)12-20/h4-6,11,14H,3,7-10,13H2,1-2H3.